The van der Waals surface area contributed by atoms with Crippen LogP contribution in [0.3, 0.4) is 0 Å². The molecule has 3 nitrogen and oxygen atoms in total. The van der Waals surface area contributed by atoms with Crippen LogP contribution in [0.2, 0.25) is 0 Å². The van der Waals surface area contributed by atoms with Crippen molar-refractivity contribution in [2.75, 3.05) is 0 Å². The van der Waals surface area contributed by atoms with Gasteiger partial charge in [0.15, 0.2) is 0 Å². The number of nitrogens with zero attached hydrogens (tertiary/aromatic N) is 1. The first-order valence-corrected chi connectivity index (χ1v) is 5.26. The highest BCUT2D eigenvalue weighted by atomic mass is 16.5. The summed E-state index contributed by atoms with van der Waals surface area (Å²) in [6.07, 6.45) is 0. The molecule has 0 amide bonds. The van der Waals surface area contributed by atoms with Crippen LogP contribution < -0.4 is 5.84 Å². The quantitative estimate of drug-likeness (QED) is 0.278. The molecule has 0 aliphatic heterocycles. The topological polar surface area (TPSA) is 47.6 Å². The average molecular weight is 218 g/mol. The summed E-state index contributed by atoms with van der Waals surface area (Å²) in [5.41, 5.74) is 2.21. The molecule has 0 aliphatic carbocycles. The van der Waals surface area contributed by atoms with Gasteiger partial charge in [0.2, 0.25) is 5.90 Å². The van der Waals surface area contributed by atoms with Crippen molar-refractivity contribution in [3.05, 3.63) is 42.0 Å². The van der Waals surface area contributed by atoms with Gasteiger partial charge in [-0.15, -0.1) is 5.10 Å². The van der Waals surface area contributed by atoms with Crippen molar-refractivity contribution in [2.24, 2.45) is 10.9 Å². The number of ether oxygens (including phenoxy) is 1. The van der Waals surface area contributed by atoms with E-state index in [9.17, 15) is 0 Å². The highest BCUT2D eigenvalue weighted by Gasteiger charge is 2.05. The highest BCUT2D eigenvalue weighted by Crippen LogP contribution is 2.20. The summed E-state index contributed by atoms with van der Waals surface area (Å²) in [6, 6.07) is 8.11. The van der Waals surface area contributed by atoms with Crippen molar-refractivity contribution >= 4 is 11.7 Å². The van der Waals surface area contributed by atoms with Crippen molar-refractivity contribution < 1.29 is 4.74 Å². The molecule has 0 heterocycles. The molecule has 3 heteroatoms. The zero-order valence-corrected chi connectivity index (χ0v) is 10.0. The minimum atomic E-state index is 0.403. The fourth-order valence-electron chi connectivity index (χ4n) is 1.33. The molecule has 0 saturated carbocycles. The number of nitrogens with two attached hydrogens (primary N) is 1. The lowest BCUT2D eigenvalue weighted by Crippen LogP contribution is -2.02. The first kappa shape index (κ1) is 12.3. The van der Waals surface area contributed by atoms with Crippen molar-refractivity contribution in [1.29, 1.82) is 0 Å². The number of hydrogen-bond acceptors (Lipinski definition) is 3. The number of rotatable bonds is 3. The Balaban J connectivity index is 2.88. The average Bonchev–Trinajstić information content (AvgIpc) is 2.28. The lowest BCUT2D eigenvalue weighted by Gasteiger charge is -2.10. The van der Waals surface area contributed by atoms with Crippen LogP contribution >= 0.6 is 0 Å². The van der Waals surface area contributed by atoms with Gasteiger partial charge in [-0.25, -0.2) is 0 Å². The molecule has 1 aromatic rings. The van der Waals surface area contributed by atoms with E-state index in [1.807, 2.05) is 12.1 Å². The second-order valence-corrected chi connectivity index (χ2v) is 3.95. The Morgan fingerprint density at radius 3 is 2.69 bits per heavy atom. The van der Waals surface area contributed by atoms with Gasteiger partial charge < -0.3 is 10.6 Å². The van der Waals surface area contributed by atoms with E-state index in [-0.39, 0.29) is 0 Å². The smallest absolute Gasteiger partial charge is 0.208 e. The Bertz CT molecular complexity index is 408. The largest absolute Gasteiger partial charge is 0.442 e. The van der Waals surface area contributed by atoms with E-state index < -0.39 is 0 Å². The lowest BCUT2D eigenvalue weighted by atomic mass is 10.0. The molecule has 0 spiro atoms. The SMILES string of the molecule is C=C(O/C(C)=N\N)c1cccc(C(C)C)c1. The molecule has 16 heavy (non-hydrogen) atoms. The summed E-state index contributed by atoms with van der Waals surface area (Å²) in [5, 5.41) is 3.45. The van der Waals surface area contributed by atoms with Crippen molar-refractivity contribution in [1.82, 2.24) is 0 Å². The molecule has 0 bridgehead atoms. The third-order valence-electron chi connectivity index (χ3n) is 2.33. The van der Waals surface area contributed by atoms with Gasteiger partial charge in [-0.3, -0.25) is 0 Å². The first-order chi connectivity index (χ1) is 7.54. The van der Waals surface area contributed by atoms with Crippen LogP contribution in [0.5, 0.6) is 0 Å². The predicted octanol–water partition coefficient (Wildman–Crippen LogP) is 3.09. The minimum absolute atomic E-state index is 0.403. The molecule has 1 aromatic carbocycles. The van der Waals surface area contributed by atoms with E-state index in [0.717, 1.165) is 5.56 Å². The van der Waals surface area contributed by atoms with E-state index in [1.165, 1.54) is 5.56 Å². The van der Waals surface area contributed by atoms with Gasteiger partial charge in [-0.2, -0.15) is 0 Å². The zero-order valence-electron chi connectivity index (χ0n) is 10.0. The summed E-state index contributed by atoms with van der Waals surface area (Å²) in [7, 11) is 0. The monoisotopic (exact) mass is 218 g/mol. The molecule has 0 aliphatic rings. The highest BCUT2D eigenvalue weighted by molar-refractivity contribution is 5.79. The molecule has 0 saturated heterocycles. The molecule has 86 valence electrons. The summed E-state index contributed by atoms with van der Waals surface area (Å²) in [4.78, 5) is 0. The van der Waals surface area contributed by atoms with Gasteiger partial charge in [-0.1, -0.05) is 38.6 Å². The van der Waals surface area contributed by atoms with Gasteiger partial charge in [0.05, 0.1) is 0 Å². The molecule has 2 N–H and O–H groups in total. The normalized spacial score (nSPS) is 11.6. The maximum atomic E-state index is 5.35. The summed E-state index contributed by atoms with van der Waals surface area (Å²) in [6.45, 7) is 9.84. The zero-order chi connectivity index (χ0) is 12.1. The molecule has 0 unspecified atom stereocenters. The number of benzene rings is 1. The fourth-order valence-corrected chi connectivity index (χ4v) is 1.33. The van der Waals surface area contributed by atoms with Crippen LogP contribution in [0.4, 0.5) is 0 Å². The van der Waals surface area contributed by atoms with E-state index in [1.54, 1.807) is 6.92 Å². The Labute approximate surface area is 96.6 Å². The molecule has 0 radical (unpaired) electrons. The molecular weight excluding hydrogens is 200 g/mol. The lowest BCUT2D eigenvalue weighted by molar-refractivity contribution is 0.502. The van der Waals surface area contributed by atoms with Crippen LogP contribution in [0, 0.1) is 0 Å². The summed E-state index contributed by atoms with van der Waals surface area (Å²) < 4.78 is 5.35. The molecule has 0 atom stereocenters. The molecular formula is C13H18N2O. The molecule has 1 rings (SSSR count). The third kappa shape index (κ3) is 3.12. The minimum Gasteiger partial charge on any atom is -0.442 e. The van der Waals surface area contributed by atoms with Gasteiger partial charge >= 0.3 is 0 Å². The van der Waals surface area contributed by atoms with Crippen LogP contribution in [0.15, 0.2) is 35.9 Å². The number of hydrazone groups is 1. The van der Waals surface area contributed by atoms with Gasteiger partial charge in [0.25, 0.3) is 0 Å². The summed E-state index contributed by atoms with van der Waals surface area (Å²) >= 11 is 0. The summed E-state index contributed by atoms with van der Waals surface area (Å²) in [5.74, 6) is 6.55. The van der Waals surface area contributed by atoms with Gasteiger partial charge in [0.1, 0.15) is 5.76 Å². The van der Waals surface area contributed by atoms with Crippen molar-refractivity contribution in [2.45, 2.75) is 26.7 Å². The Morgan fingerprint density at radius 1 is 1.44 bits per heavy atom. The maximum absolute atomic E-state index is 5.35. The van der Waals surface area contributed by atoms with Gasteiger partial charge in [0, 0.05) is 12.5 Å². The van der Waals surface area contributed by atoms with Crippen molar-refractivity contribution in [3.63, 3.8) is 0 Å². The van der Waals surface area contributed by atoms with E-state index in [0.29, 0.717) is 17.6 Å². The van der Waals surface area contributed by atoms with Crippen LogP contribution in [0.1, 0.15) is 37.8 Å². The predicted molar refractivity (Wildman–Crippen MR) is 67.9 cm³/mol. The first-order valence-electron chi connectivity index (χ1n) is 5.26. The van der Waals surface area contributed by atoms with E-state index >= 15 is 0 Å². The molecule has 0 fully saturated rings. The van der Waals surface area contributed by atoms with Crippen molar-refractivity contribution in [3.8, 4) is 0 Å². The number of hydrogen-bond donors (Lipinski definition) is 1. The second-order valence-electron chi connectivity index (χ2n) is 3.95. The van der Waals surface area contributed by atoms with Crippen LogP contribution in [0.25, 0.3) is 5.76 Å². The Hall–Kier alpha value is -1.77. The fraction of sp³-hybridized carbons (Fsp3) is 0.308. The van der Waals surface area contributed by atoms with Crippen LogP contribution in [-0.2, 0) is 4.74 Å². The van der Waals surface area contributed by atoms with E-state index in [4.69, 9.17) is 10.6 Å². The van der Waals surface area contributed by atoms with Gasteiger partial charge in [-0.05, 0) is 17.5 Å². The molecule has 0 aromatic heterocycles. The maximum Gasteiger partial charge on any atom is 0.208 e. The third-order valence-corrected chi connectivity index (χ3v) is 2.33. The van der Waals surface area contributed by atoms with Crippen LogP contribution in [-0.4, -0.2) is 5.90 Å². The van der Waals surface area contributed by atoms with E-state index in [2.05, 4.69) is 37.7 Å². The Morgan fingerprint density at radius 2 is 2.12 bits per heavy atom. The second kappa shape index (κ2) is 5.35. The Kier molecular flexibility index (Phi) is 4.11. The standard InChI is InChI=1S/C13H18N2O/c1-9(2)12-6-5-7-13(8-12)10(3)16-11(4)15-14/h5-9H,3,14H2,1-2,4H3/b15-11-.